The molecule has 0 aromatic heterocycles. The summed E-state index contributed by atoms with van der Waals surface area (Å²) in [6, 6.07) is 2.05. The third kappa shape index (κ3) is 2.63. The smallest absolute Gasteiger partial charge is 0.264 e. The van der Waals surface area contributed by atoms with Gasteiger partial charge in [0.05, 0.1) is 0 Å². The Morgan fingerprint density at radius 1 is 1.31 bits per heavy atom. The van der Waals surface area contributed by atoms with Crippen LogP contribution in [0.5, 0.6) is 0 Å². The highest BCUT2D eigenvalue weighted by atomic mass is 16.2. The Kier molecular flexibility index (Phi) is 3.28. The molecule has 0 bridgehead atoms. The zero-order chi connectivity index (χ0) is 11.5. The van der Waals surface area contributed by atoms with Crippen molar-refractivity contribution >= 4 is 5.91 Å². The van der Waals surface area contributed by atoms with Gasteiger partial charge in [-0.25, -0.2) is 0 Å². The van der Waals surface area contributed by atoms with Crippen LogP contribution >= 0.6 is 0 Å². The minimum absolute atomic E-state index is 0.0544. The number of hydrogen-bond acceptors (Lipinski definition) is 2. The van der Waals surface area contributed by atoms with Crippen molar-refractivity contribution in [1.29, 1.82) is 5.26 Å². The largest absolute Gasteiger partial charge is 0.338 e. The Bertz CT molecular complexity index is 341. The van der Waals surface area contributed by atoms with Crippen molar-refractivity contribution in [2.75, 3.05) is 13.1 Å². The summed E-state index contributed by atoms with van der Waals surface area (Å²) >= 11 is 0. The number of carbonyl (C=O) groups is 1. The highest BCUT2D eigenvalue weighted by Gasteiger charge is 2.26. The van der Waals surface area contributed by atoms with Crippen molar-refractivity contribution in [1.82, 2.24) is 4.90 Å². The molecule has 86 valence electrons. The van der Waals surface area contributed by atoms with E-state index < -0.39 is 0 Å². The minimum Gasteiger partial charge on any atom is -0.338 e. The second-order valence-electron chi connectivity index (χ2n) is 5.00. The first-order chi connectivity index (χ1) is 7.70. The van der Waals surface area contributed by atoms with E-state index in [4.69, 9.17) is 5.26 Å². The summed E-state index contributed by atoms with van der Waals surface area (Å²) < 4.78 is 0. The molecule has 1 aliphatic carbocycles. The van der Waals surface area contributed by atoms with E-state index in [1.54, 1.807) is 0 Å². The number of nitriles is 1. The van der Waals surface area contributed by atoms with Gasteiger partial charge in [-0.1, -0.05) is 13.0 Å². The molecule has 0 unspecified atom stereocenters. The Balaban J connectivity index is 1.98. The Morgan fingerprint density at radius 2 is 1.94 bits per heavy atom. The van der Waals surface area contributed by atoms with Crippen molar-refractivity contribution in [3.05, 3.63) is 11.6 Å². The number of carbonyl (C=O) groups excluding carboxylic acids is 1. The molecule has 1 saturated carbocycles. The first-order valence-electron chi connectivity index (χ1n) is 6.12. The van der Waals surface area contributed by atoms with Crippen molar-refractivity contribution in [3.8, 4) is 6.07 Å². The maximum atomic E-state index is 12.0. The van der Waals surface area contributed by atoms with Crippen LogP contribution in [0.25, 0.3) is 0 Å². The van der Waals surface area contributed by atoms with E-state index in [-0.39, 0.29) is 5.91 Å². The van der Waals surface area contributed by atoms with E-state index in [1.807, 2.05) is 11.0 Å². The lowest BCUT2D eigenvalue weighted by Crippen LogP contribution is -2.38. The van der Waals surface area contributed by atoms with Gasteiger partial charge in [-0.05, 0) is 37.5 Å². The highest BCUT2D eigenvalue weighted by molar-refractivity contribution is 5.97. The molecule has 1 amide bonds. The molecular weight excluding hydrogens is 200 g/mol. The van der Waals surface area contributed by atoms with Gasteiger partial charge in [0.2, 0.25) is 0 Å². The van der Waals surface area contributed by atoms with E-state index in [1.165, 1.54) is 0 Å². The van der Waals surface area contributed by atoms with E-state index in [2.05, 4.69) is 13.0 Å². The van der Waals surface area contributed by atoms with E-state index in [0.717, 1.165) is 38.8 Å². The van der Waals surface area contributed by atoms with Crippen molar-refractivity contribution in [2.45, 2.75) is 32.6 Å². The summed E-state index contributed by atoms with van der Waals surface area (Å²) in [5.74, 6) is 1.14. The van der Waals surface area contributed by atoms with Crippen LogP contribution in [0.3, 0.4) is 0 Å². The molecule has 0 aromatic carbocycles. The minimum atomic E-state index is -0.0544. The maximum Gasteiger partial charge on any atom is 0.264 e. The van der Waals surface area contributed by atoms with Gasteiger partial charge in [0, 0.05) is 13.1 Å². The van der Waals surface area contributed by atoms with Crippen LogP contribution in [-0.2, 0) is 4.79 Å². The predicted molar refractivity (Wildman–Crippen MR) is 61.4 cm³/mol. The molecule has 1 aliphatic heterocycles. The number of piperidine rings is 1. The zero-order valence-electron chi connectivity index (χ0n) is 9.78. The fourth-order valence-corrected chi connectivity index (χ4v) is 2.04. The molecule has 2 aliphatic rings. The van der Waals surface area contributed by atoms with Crippen molar-refractivity contribution < 1.29 is 4.79 Å². The molecule has 1 saturated heterocycles. The second-order valence-corrected chi connectivity index (χ2v) is 5.00. The van der Waals surface area contributed by atoms with Crippen LogP contribution < -0.4 is 0 Å². The average molecular weight is 218 g/mol. The van der Waals surface area contributed by atoms with Crippen LogP contribution in [0.2, 0.25) is 0 Å². The summed E-state index contributed by atoms with van der Waals surface area (Å²) in [6.45, 7) is 3.83. The quantitative estimate of drug-likeness (QED) is 0.526. The van der Waals surface area contributed by atoms with Gasteiger partial charge in [0.1, 0.15) is 11.6 Å². The third-order valence-corrected chi connectivity index (χ3v) is 3.45. The van der Waals surface area contributed by atoms with Crippen LogP contribution in [0, 0.1) is 23.2 Å². The summed E-state index contributed by atoms with van der Waals surface area (Å²) in [5, 5.41) is 8.99. The van der Waals surface area contributed by atoms with Crippen LogP contribution in [0.4, 0.5) is 0 Å². The van der Waals surface area contributed by atoms with Gasteiger partial charge in [-0.3, -0.25) is 4.79 Å². The fourth-order valence-electron chi connectivity index (χ4n) is 2.04. The number of likely N-dealkylation sites (tertiary alicyclic amines) is 1. The number of hydrogen-bond donors (Lipinski definition) is 0. The molecular formula is C13H18N2O. The summed E-state index contributed by atoms with van der Waals surface area (Å²) in [7, 11) is 0. The monoisotopic (exact) mass is 218 g/mol. The molecule has 0 radical (unpaired) electrons. The van der Waals surface area contributed by atoms with Crippen LogP contribution in [0.15, 0.2) is 11.6 Å². The van der Waals surface area contributed by atoms with Gasteiger partial charge < -0.3 is 4.90 Å². The Labute approximate surface area is 96.7 Å². The maximum absolute atomic E-state index is 12.0. The highest BCUT2D eigenvalue weighted by Crippen LogP contribution is 2.31. The first kappa shape index (κ1) is 11.2. The van der Waals surface area contributed by atoms with E-state index in [9.17, 15) is 4.79 Å². The summed E-state index contributed by atoms with van der Waals surface area (Å²) in [4.78, 5) is 13.9. The van der Waals surface area contributed by atoms with Gasteiger partial charge in [0.15, 0.2) is 0 Å². The zero-order valence-corrected chi connectivity index (χ0v) is 9.78. The van der Waals surface area contributed by atoms with Gasteiger partial charge in [-0.15, -0.1) is 0 Å². The fraction of sp³-hybridized carbons (Fsp3) is 0.692. The number of amides is 1. The molecule has 3 nitrogen and oxygen atoms in total. The lowest BCUT2D eigenvalue weighted by atomic mass is 9.98. The summed E-state index contributed by atoms with van der Waals surface area (Å²) in [6.07, 6.45) is 6.26. The van der Waals surface area contributed by atoms with E-state index in [0.29, 0.717) is 17.4 Å². The molecule has 0 atom stereocenters. The molecule has 0 N–H and O–H groups in total. The number of nitrogens with zero attached hydrogens (tertiary/aromatic N) is 2. The normalized spacial score (nSPS) is 23.0. The molecule has 0 aromatic rings. The average Bonchev–Trinajstić information content (AvgIpc) is 3.10. The SMILES string of the molecule is CC1CCN(C(=O)/C(C#N)=C\C2CC2)CC1. The number of rotatable bonds is 2. The summed E-state index contributed by atoms with van der Waals surface area (Å²) in [5.41, 5.74) is 0.358. The topological polar surface area (TPSA) is 44.1 Å². The second kappa shape index (κ2) is 4.69. The van der Waals surface area contributed by atoms with Crippen molar-refractivity contribution in [2.24, 2.45) is 11.8 Å². The molecule has 2 fully saturated rings. The molecule has 1 heterocycles. The Hall–Kier alpha value is -1.30. The third-order valence-electron chi connectivity index (χ3n) is 3.45. The van der Waals surface area contributed by atoms with Gasteiger partial charge in [-0.2, -0.15) is 5.26 Å². The van der Waals surface area contributed by atoms with Crippen LogP contribution in [-0.4, -0.2) is 23.9 Å². The van der Waals surface area contributed by atoms with Gasteiger partial charge in [0.25, 0.3) is 5.91 Å². The first-order valence-corrected chi connectivity index (χ1v) is 6.12. The van der Waals surface area contributed by atoms with Crippen LogP contribution in [0.1, 0.15) is 32.6 Å². The number of allylic oxidation sites excluding steroid dienone is 1. The molecule has 0 spiro atoms. The molecule has 16 heavy (non-hydrogen) atoms. The molecule has 3 heteroatoms. The van der Waals surface area contributed by atoms with Gasteiger partial charge >= 0.3 is 0 Å². The van der Waals surface area contributed by atoms with E-state index >= 15 is 0 Å². The lowest BCUT2D eigenvalue weighted by molar-refractivity contribution is -0.128. The predicted octanol–water partition coefficient (Wildman–Crippen LogP) is 2.10. The van der Waals surface area contributed by atoms with Crippen molar-refractivity contribution in [3.63, 3.8) is 0 Å². The Morgan fingerprint density at radius 3 is 2.44 bits per heavy atom. The molecule has 2 rings (SSSR count). The lowest BCUT2D eigenvalue weighted by Gasteiger charge is -2.30. The standard InChI is InChI=1S/C13H18N2O/c1-10-4-6-15(7-5-10)13(16)12(9-14)8-11-2-3-11/h8,10-11H,2-7H2,1H3/b12-8-.